The smallest absolute Gasteiger partial charge is 0.255 e. The average molecular weight is 358 g/mol. The first-order valence-electron chi connectivity index (χ1n) is 7.14. The molecule has 108 valence electrons. The molecule has 1 saturated heterocycles. The Morgan fingerprint density at radius 2 is 2.20 bits per heavy atom. The first-order valence-corrected chi connectivity index (χ1v) is 8.31. The minimum atomic E-state index is 0.0931. The van der Waals surface area contributed by atoms with Crippen molar-refractivity contribution in [2.24, 2.45) is 0 Å². The topological polar surface area (TPSA) is 32.3 Å². The highest BCUT2D eigenvalue weighted by molar-refractivity contribution is 9.10. The maximum Gasteiger partial charge on any atom is 0.255 e. The van der Waals surface area contributed by atoms with E-state index in [9.17, 15) is 4.79 Å². The van der Waals surface area contributed by atoms with Gasteiger partial charge in [-0.2, -0.15) is 0 Å². The normalized spacial score (nSPS) is 22.0. The van der Waals surface area contributed by atoms with Gasteiger partial charge < -0.3 is 10.2 Å². The van der Waals surface area contributed by atoms with Crippen LogP contribution in [0.2, 0.25) is 5.02 Å². The zero-order valence-corrected chi connectivity index (χ0v) is 13.6. The number of nitrogens with zero attached hydrogens (tertiary/aromatic N) is 1. The molecule has 1 saturated carbocycles. The van der Waals surface area contributed by atoms with Gasteiger partial charge in [-0.05, 0) is 66.4 Å². The minimum Gasteiger partial charge on any atom is -0.334 e. The SMILES string of the molecule is O=C(c1cc(Cl)ccc1Br)N(CC1CCCN1)C1CC1. The standard InChI is InChI=1S/C15H18BrClN2O/c16-14-6-3-10(17)8-13(14)15(20)19(12-4-5-12)9-11-2-1-7-18-11/h3,6,8,11-12,18H,1-2,4-5,7,9H2. The molecule has 1 heterocycles. The van der Waals surface area contributed by atoms with E-state index in [1.54, 1.807) is 12.1 Å². The average Bonchev–Trinajstić information content (AvgIpc) is 3.15. The maximum atomic E-state index is 12.8. The molecule has 1 amide bonds. The summed E-state index contributed by atoms with van der Waals surface area (Å²) in [6.07, 6.45) is 4.61. The predicted molar refractivity (Wildman–Crippen MR) is 84.2 cm³/mol. The summed E-state index contributed by atoms with van der Waals surface area (Å²) in [4.78, 5) is 14.8. The van der Waals surface area contributed by atoms with Gasteiger partial charge in [0.2, 0.25) is 0 Å². The first kappa shape index (κ1) is 14.4. The van der Waals surface area contributed by atoms with Crippen molar-refractivity contribution in [1.29, 1.82) is 0 Å². The van der Waals surface area contributed by atoms with E-state index in [1.165, 1.54) is 6.42 Å². The number of benzene rings is 1. The van der Waals surface area contributed by atoms with Gasteiger partial charge in [-0.1, -0.05) is 11.6 Å². The largest absolute Gasteiger partial charge is 0.334 e. The van der Waals surface area contributed by atoms with Crippen LogP contribution in [-0.2, 0) is 0 Å². The van der Waals surface area contributed by atoms with Crippen molar-refractivity contribution in [3.05, 3.63) is 33.3 Å². The second-order valence-electron chi connectivity index (χ2n) is 5.61. The van der Waals surface area contributed by atoms with Gasteiger partial charge in [-0.15, -0.1) is 0 Å². The molecule has 20 heavy (non-hydrogen) atoms. The van der Waals surface area contributed by atoms with Crippen molar-refractivity contribution in [2.45, 2.75) is 37.8 Å². The summed E-state index contributed by atoms with van der Waals surface area (Å²) in [7, 11) is 0. The van der Waals surface area contributed by atoms with Gasteiger partial charge in [0, 0.05) is 28.1 Å². The highest BCUT2D eigenvalue weighted by atomic mass is 79.9. The molecule has 1 aromatic rings. The van der Waals surface area contributed by atoms with E-state index in [0.29, 0.717) is 22.7 Å². The molecule has 1 aromatic carbocycles. The Morgan fingerprint density at radius 3 is 2.85 bits per heavy atom. The highest BCUT2D eigenvalue weighted by Gasteiger charge is 2.35. The summed E-state index contributed by atoms with van der Waals surface area (Å²) < 4.78 is 0.817. The molecule has 1 N–H and O–H groups in total. The lowest BCUT2D eigenvalue weighted by Crippen LogP contribution is -2.42. The van der Waals surface area contributed by atoms with Gasteiger partial charge in [0.25, 0.3) is 5.91 Å². The fraction of sp³-hybridized carbons (Fsp3) is 0.533. The van der Waals surface area contributed by atoms with Gasteiger partial charge in [-0.25, -0.2) is 0 Å². The summed E-state index contributed by atoms with van der Waals surface area (Å²) >= 11 is 9.49. The molecule has 1 aliphatic carbocycles. The minimum absolute atomic E-state index is 0.0931. The van der Waals surface area contributed by atoms with E-state index in [-0.39, 0.29) is 5.91 Å². The summed E-state index contributed by atoms with van der Waals surface area (Å²) in [6.45, 7) is 1.88. The fourth-order valence-corrected chi connectivity index (χ4v) is 3.34. The van der Waals surface area contributed by atoms with Crippen molar-refractivity contribution < 1.29 is 4.79 Å². The van der Waals surface area contributed by atoms with Gasteiger partial charge in [0.15, 0.2) is 0 Å². The highest BCUT2D eigenvalue weighted by Crippen LogP contribution is 2.31. The van der Waals surface area contributed by atoms with Crippen LogP contribution < -0.4 is 5.32 Å². The lowest BCUT2D eigenvalue weighted by molar-refractivity contribution is 0.0727. The van der Waals surface area contributed by atoms with Gasteiger partial charge >= 0.3 is 0 Å². The summed E-state index contributed by atoms with van der Waals surface area (Å²) in [5, 5.41) is 4.07. The molecule has 2 fully saturated rings. The number of rotatable bonds is 4. The Bertz CT molecular complexity index is 513. The van der Waals surface area contributed by atoms with Gasteiger partial charge in [-0.3, -0.25) is 4.79 Å². The van der Waals surface area contributed by atoms with E-state index in [1.807, 2.05) is 11.0 Å². The molecule has 0 radical (unpaired) electrons. The third-order valence-corrected chi connectivity index (χ3v) is 4.91. The number of halogens is 2. The van der Waals surface area contributed by atoms with Crippen LogP contribution >= 0.6 is 27.5 Å². The summed E-state index contributed by atoms with van der Waals surface area (Å²) in [5.74, 6) is 0.0931. The van der Waals surface area contributed by atoms with Crippen molar-refractivity contribution >= 4 is 33.4 Å². The van der Waals surface area contributed by atoms with Crippen LogP contribution in [0.1, 0.15) is 36.0 Å². The molecule has 3 rings (SSSR count). The van der Waals surface area contributed by atoms with E-state index in [0.717, 1.165) is 36.8 Å². The maximum absolute atomic E-state index is 12.8. The van der Waals surface area contributed by atoms with E-state index in [4.69, 9.17) is 11.6 Å². The van der Waals surface area contributed by atoms with Crippen LogP contribution in [0.25, 0.3) is 0 Å². The third-order valence-electron chi connectivity index (χ3n) is 3.99. The van der Waals surface area contributed by atoms with Crippen LogP contribution in [0.5, 0.6) is 0 Å². The quantitative estimate of drug-likeness (QED) is 0.895. The van der Waals surface area contributed by atoms with Crippen LogP contribution in [0.4, 0.5) is 0 Å². The Hall–Kier alpha value is -0.580. The van der Waals surface area contributed by atoms with Crippen molar-refractivity contribution in [1.82, 2.24) is 10.2 Å². The Morgan fingerprint density at radius 1 is 1.40 bits per heavy atom. The van der Waals surface area contributed by atoms with Crippen LogP contribution in [0.3, 0.4) is 0 Å². The number of carbonyl (C=O) groups excluding carboxylic acids is 1. The first-order chi connectivity index (χ1) is 9.65. The monoisotopic (exact) mass is 356 g/mol. The fourth-order valence-electron chi connectivity index (χ4n) is 2.75. The number of nitrogens with one attached hydrogen (secondary N) is 1. The Kier molecular flexibility index (Phi) is 4.34. The zero-order chi connectivity index (χ0) is 14.1. The predicted octanol–water partition coefficient (Wildman–Crippen LogP) is 3.46. The molecular formula is C15H18BrClN2O. The van der Waals surface area contributed by atoms with Crippen LogP contribution in [-0.4, -0.2) is 36.0 Å². The summed E-state index contributed by atoms with van der Waals surface area (Å²) in [5.41, 5.74) is 0.669. The molecule has 1 atom stereocenters. The second kappa shape index (κ2) is 6.04. The lowest BCUT2D eigenvalue weighted by atomic mass is 10.1. The molecular weight excluding hydrogens is 340 g/mol. The summed E-state index contributed by atoms with van der Waals surface area (Å²) in [6, 6.07) is 6.25. The van der Waals surface area contributed by atoms with Crippen molar-refractivity contribution in [2.75, 3.05) is 13.1 Å². The van der Waals surface area contributed by atoms with Crippen molar-refractivity contribution in [3.8, 4) is 0 Å². The molecule has 0 bridgehead atoms. The molecule has 5 heteroatoms. The molecule has 0 aromatic heterocycles. The van der Waals surface area contributed by atoms with Crippen LogP contribution in [0.15, 0.2) is 22.7 Å². The number of hydrogen-bond acceptors (Lipinski definition) is 2. The van der Waals surface area contributed by atoms with E-state index in [2.05, 4.69) is 21.2 Å². The second-order valence-corrected chi connectivity index (χ2v) is 6.90. The van der Waals surface area contributed by atoms with Crippen LogP contribution in [0, 0.1) is 0 Å². The molecule has 1 unspecified atom stereocenters. The molecule has 0 spiro atoms. The van der Waals surface area contributed by atoms with E-state index < -0.39 is 0 Å². The number of amides is 1. The lowest BCUT2D eigenvalue weighted by Gasteiger charge is -2.26. The van der Waals surface area contributed by atoms with E-state index >= 15 is 0 Å². The third kappa shape index (κ3) is 3.18. The molecule has 3 nitrogen and oxygen atoms in total. The molecule has 1 aliphatic heterocycles. The Balaban J connectivity index is 1.79. The zero-order valence-electron chi connectivity index (χ0n) is 11.2. The Labute approximate surface area is 132 Å². The number of hydrogen-bond donors (Lipinski definition) is 1. The van der Waals surface area contributed by atoms with Gasteiger partial charge in [0.1, 0.15) is 0 Å². The van der Waals surface area contributed by atoms with Crippen molar-refractivity contribution in [3.63, 3.8) is 0 Å². The number of carbonyl (C=O) groups is 1. The van der Waals surface area contributed by atoms with Gasteiger partial charge in [0.05, 0.1) is 5.56 Å². The molecule has 2 aliphatic rings.